The molecule has 2 rings (SSSR count). The van der Waals surface area contributed by atoms with Gasteiger partial charge in [-0.3, -0.25) is 9.59 Å². The van der Waals surface area contributed by atoms with Crippen molar-refractivity contribution >= 4 is 17.7 Å². The fourth-order valence-corrected chi connectivity index (χ4v) is 5.14. The molecule has 0 radical (unpaired) electrons. The van der Waals surface area contributed by atoms with Crippen LogP contribution in [0.3, 0.4) is 0 Å². The van der Waals surface area contributed by atoms with Crippen LogP contribution in [0, 0.1) is 28.6 Å². The summed E-state index contributed by atoms with van der Waals surface area (Å²) in [5.41, 5.74) is -0.396. The van der Waals surface area contributed by atoms with Crippen molar-refractivity contribution in [1.82, 2.24) is 0 Å². The summed E-state index contributed by atoms with van der Waals surface area (Å²) >= 11 is 0. The van der Waals surface area contributed by atoms with Crippen LogP contribution in [-0.2, 0) is 14.4 Å². The van der Waals surface area contributed by atoms with Gasteiger partial charge in [0.05, 0.1) is 0 Å². The van der Waals surface area contributed by atoms with Crippen molar-refractivity contribution in [2.75, 3.05) is 0 Å². The predicted molar refractivity (Wildman–Crippen MR) is 94.1 cm³/mol. The van der Waals surface area contributed by atoms with Gasteiger partial charge in [0, 0.05) is 23.8 Å². The molecule has 0 aromatic heterocycles. The standard InChI is InChI=1S/C20H30O5/c1-12(9-17(22)23)5-7-19(3)13(2)6-8-20(4)15(18(24)25)10-14(21)11-16(19)20/h10,12-13,16H,5-9,11H2,1-4H3,(H,22,23)(H,24,25)/t12-,13-,16+,19-,20+/m1/s1. The average molecular weight is 350 g/mol. The lowest BCUT2D eigenvalue weighted by atomic mass is 9.46. The Morgan fingerprint density at radius 1 is 1.32 bits per heavy atom. The monoisotopic (exact) mass is 350 g/mol. The summed E-state index contributed by atoms with van der Waals surface area (Å²) in [4.78, 5) is 34.9. The van der Waals surface area contributed by atoms with E-state index in [4.69, 9.17) is 5.11 Å². The molecule has 0 aromatic rings. The third kappa shape index (κ3) is 3.65. The van der Waals surface area contributed by atoms with Crippen molar-refractivity contribution in [3.05, 3.63) is 11.6 Å². The van der Waals surface area contributed by atoms with E-state index < -0.39 is 17.4 Å². The SMILES string of the molecule is C[C@H](CC[C@]1(C)[C@H](C)CC[C@@]2(C)C(C(=O)O)=CC(=O)C[C@@H]12)CC(=O)O. The second kappa shape index (κ2) is 6.93. The molecule has 0 saturated heterocycles. The number of rotatable bonds is 6. The number of carboxylic acid groups (broad SMARTS) is 2. The van der Waals surface area contributed by atoms with Crippen molar-refractivity contribution in [3.8, 4) is 0 Å². The van der Waals surface area contributed by atoms with Gasteiger partial charge in [-0.05, 0) is 54.9 Å². The number of fused-ring (bicyclic) bond motifs is 1. The van der Waals surface area contributed by atoms with Crippen LogP contribution in [0.25, 0.3) is 0 Å². The van der Waals surface area contributed by atoms with Gasteiger partial charge in [-0.1, -0.05) is 27.7 Å². The second-order valence-corrected chi connectivity index (χ2v) is 8.69. The molecule has 5 atom stereocenters. The second-order valence-electron chi connectivity index (χ2n) is 8.69. The molecular formula is C20H30O5. The van der Waals surface area contributed by atoms with Gasteiger partial charge in [0.25, 0.3) is 0 Å². The number of carbonyl (C=O) groups excluding carboxylic acids is 1. The summed E-state index contributed by atoms with van der Waals surface area (Å²) in [5, 5.41) is 18.6. The summed E-state index contributed by atoms with van der Waals surface area (Å²) in [7, 11) is 0. The Kier molecular flexibility index (Phi) is 5.45. The molecule has 2 aliphatic rings. The van der Waals surface area contributed by atoms with Crippen LogP contribution in [0.2, 0.25) is 0 Å². The number of carboxylic acids is 2. The van der Waals surface area contributed by atoms with E-state index in [1.54, 1.807) is 0 Å². The molecule has 2 aliphatic carbocycles. The molecule has 25 heavy (non-hydrogen) atoms. The van der Waals surface area contributed by atoms with E-state index in [2.05, 4.69) is 13.8 Å². The topological polar surface area (TPSA) is 91.7 Å². The van der Waals surface area contributed by atoms with Gasteiger partial charge >= 0.3 is 11.9 Å². The van der Waals surface area contributed by atoms with Crippen LogP contribution in [0.4, 0.5) is 0 Å². The Balaban J connectivity index is 2.31. The molecule has 5 nitrogen and oxygen atoms in total. The highest BCUT2D eigenvalue weighted by Crippen LogP contribution is 2.61. The van der Waals surface area contributed by atoms with E-state index in [-0.39, 0.29) is 35.0 Å². The maximum Gasteiger partial charge on any atom is 0.332 e. The molecule has 1 saturated carbocycles. The van der Waals surface area contributed by atoms with Gasteiger partial charge in [-0.25, -0.2) is 4.79 Å². The fraction of sp³-hybridized carbons (Fsp3) is 0.750. The molecule has 0 aliphatic heterocycles. The number of hydrogen-bond donors (Lipinski definition) is 2. The van der Waals surface area contributed by atoms with Gasteiger partial charge in [0.2, 0.25) is 0 Å². The highest BCUT2D eigenvalue weighted by atomic mass is 16.4. The number of ketones is 1. The van der Waals surface area contributed by atoms with E-state index in [1.807, 2.05) is 13.8 Å². The molecule has 0 spiro atoms. The first kappa shape index (κ1) is 19.7. The zero-order valence-electron chi connectivity index (χ0n) is 15.7. The van der Waals surface area contributed by atoms with Crippen LogP contribution in [0.1, 0.15) is 66.2 Å². The molecule has 0 aromatic carbocycles. The van der Waals surface area contributed by atoms with Crippen molar-refractivity contribution < 1.29 is 24.6 Å². The predicted octanol–water partition coefficient (Wildman–Crippen LogP) is 3.92. The normalized spacial score (nSPS) is 36.3. The first-order chi connectivity index (χ1) is 11.5. The molecule has 2 N–H and O–H groups in total. The van der Waals surface area contributed by atoms with Gasteiger partial charge in [-0.2, -0.15) is 0 Å². The minimum atomic E-state index is -0.989. The van der Waals surface area contributed by atoms with E-state index in [0.717, 1.165) is 25.7 Å². The van der Waals surface area contributed by atoms with Crippen molar-refractivity contribution in [1.29, 1.82) is 0 Å². The molecule has 0 heterocycles. The van der Waals surface area contributed by atoms with Gasteiger partial charge < -0.3 is 10.2 Å². The first-order valence-corrected chi connectivity index (χ1v) is 9.20. The molecule has 5 heteroatoms. The maximum atomic E-state index is 12.2. The molecule has 1 fully saturated rings. The lowest BCUT2D eigenvalue weighted by molar-refractivity contribution is -0.141. The van der Waals surface area contributed by atoms with E-state index in [1.165, 1.54) is 6.08 Å². The zero-order chi connectivity index (χ0) is 19.0. The lowest BCUT2D eigenvalue weighted by Crippen LogP contribution is -2.52. The van der Waals surface area contributed by atoms with E-state index >= 15 is 0 Å². The van der Waals surface area contributed by atoms with Crippen LogP contribution >= 0.6 is 0 Å². The van der Waals surface area contributed by atoms with Crippen LogP contribution in [0.15, 0.2) is 11.6 Å². The number of allylic oxidation sites excluding steroid dienone is 1. The number of hydrogen-bond acceptors (Lipinski definition) is 3. The van der Waals surface area contributed by atoms with Gasteiger partial charge in [0.15, 0.2) is 5.78 Å². The third-order valence-electron chi connectivity index (χ3n) is 7.04. The summed E-state index contributed by atoms with van der Waals surface area (Å²) in [6, 6.07) is 0. The lowest BCUT2D eigenvalue weighted by Gasteiger charge is -2.57. The Hall–Kier alpha value is -1.65. The Morgan fingerprint density at radius 3 is 2.52 bits per heavy atom. The van der Waals surface area contributed by atoms with Crippen LogP contribution in [0.5, 0.6) is 0 Å². The summed E-state index contributed by atoms with van der Waals surface area (Å²) in [6.07, 6.45) is 5.18. The van der Waals surface area contributed by atoms with Crippen LogP contribution in [-0.4, -0.2) is 27.9 Å². The number of carbonyl (C=O) groups is 3. The van der Waals surface area contributed by atoms with E-state index in [9.17, 15) is 19.5 Å². The smallest absolute Gasteiger partial charge is 0.332 e. The van der Waals surface area contributed by atoms with E-state index in [0.29, 0.717) is 12.3 Å². The molecule has 0 unspecified atom stereocenters. The van der Waals surface area contributed by atoms with Crippen molar-refractivity contribution in [3.63, 3.8) is 0 Å². The average Bonchev–Trinajstić information content (AvgIpc) is 2.50. The van der Waals surface area contributed by atoms with Crippen molar-refractivity contribution in [2.45, 2.75) is 66.2 Å². The Bertz CT molecular complexity index is 607. The summed E-state index contributed by atoms with van der Waals surface area (Å²) < 4.78 is 0. The van der Waals surface area contributed by atoms with Gasteiger partial charge in [0.1, 0.15) is 0 Å². The number of aliphatic carboxylic acids is 2. The van der Waals surface area contributed by atoms with Crippen LogP contribution < -0.4 is 0 Å². The minimum Gasteiger partial charge on any atom is -0.481 e. The highest BCUT2D eigenvalue weighted by molar-refractivity contribution is 6.01. The molecular weight excluding hydrogens is 320 g/mol. The molecule has 140 valence electrons. The van der Waals surface area contributed by atoms with Crippen molar-refractivity contribution in [2.24, 2.45) is 28.6 Å². The maximum absolute atomic E-state index is 12.2. The molecule has 0 amide bonds. The minimum absolute atomic E-state index is 0.00984. The summed E-state index contributed by atoms with van der Waals surface area (Å²) in [6.45, 7) is 8.30. The fourth-order valence-electron chi connectivity index (χ4n) is 5.14. The highest BCUT2D eigenvalue weighted by Gasteiger charge is 2.56. The zero-order valence-corrected chi connectivity index (χ0v) is 15.7. The largest absolute Gasteiger partial charge is 0.481 e. The summed E-state index contributed by atoms with van der Waals surface area (Å²) in [5.74, 6) is -1.44. The first-order valence-electron chi connectivity index (χ1n) is 9.20. The van der Waals surface area contributed by atoms with Gasteiger partial charge in [-0.15, -0.1) is 0 Å². The third-order valence-corrected chi connectivity index (χ3v) is 7.04. The Morgan fingerprint density at radius 2 is 1.96 bits per heavy atom. The molecule has 0 bridgehead atoms. The quantitative estimate of drug-likeness (QED) is 0.757. The Labute approximate surface area is 149 Å².